The van der Waals surface area contributed by atoms with Gasteiger partial charge in [-0.1, -0.05) is 48.5 Å². The molecule has 33 heavy (non-hydrogen) atoms. The molecule has 0 saturated carbocycles. The van der Waals surface area contributed by atoms with Crippen LogP contribution in [0, 0.1) is 20.8 Å². The van der Waals surface area contributed by atoms with E-state index >= 15 is 0 Å². The van der Waals surface area contributed by atoms with Crippen molar-refractivity contribution < 1.29 is 9.53 Å². The lowest BCUT2D eigenvalue weighted by atomic mass is 9.85. The highest BCUT2D eigenvalue weighted by molar-refractivity contribution is 5.95. The van der Waals surface area contributed by atoms with Crippen LogP contribution in [0.3, 0.4) is 0 Å². The van der Waals surface area contributed by atoms with Crippen molar-refractivity contribution in [1.82, 2.24) is 19.7 Å². The van der Waals surface area contributed by atoms with Crippen molar-refractivity contribution in [3.63, 3.8) is 0 Å². The Bertz CT molecular complexity index is 1310. The summed E-state index contributed by atoms with van der Waals surface area (Å²) < 4.78 is 7.85. The van der Waals surface area contributed by atoms with E-state index in [-0.39, 0.29) is 11.8 Å². The molecule has 1 atom stereocenters. The first-order valence-corrected chi connectivity index (χ1v) is 11.0. The topological polar surface area (TPSA) is 81.9 Å². The first-order valence-electron chi connectivity index (χ1n) is 11.0. The molecule has 1 aliphatic heterocycles. The van der Waals surface area contributed by atoms with Crippen LogP contribution >= 0.6 is 0 Å². The van der Waals surface area contributed by atoms with Crippen molar-refractivity contribution in [2.75, 3.05) is 5.32 Å². The summed E-state index contributed by atoms with van der Waals surface area (Å²) in [6.07, 6.45) is 0.318. The highest BCUT2D eigenvalue weighted by Gasteiger charge is 2.34. The number of rotatable bonds is 5. The van der Waals surface area contributed by atoms with Gasteiger partial charge in [-0.25, -0.2) is 9.97 Å². The molecule has 2 aromatic heterocycles. The largest absolute Gasteiger partial charge is 0.489 e. The number of hydrogen-bond acceptors (Lipinski definition) is 5. The molecule has 0 aliphatic carbocycles. The molecule has 0 spiro atoms. The molecule has 1 unspecified atom stereocenters. The van der Waals surface area contributed by atoms with E-state index in [0.717, 1.165) is 39.5 Å². The Morgan fingerprint density at radius 3 is 2.45 bits per heavy atom. The number of aryl methyl sites for hydroxylation is 3. The van der Waals surface area contributed by atoms with Gasteiger partial charge in [-0.2, -0.15) is 9.78 Å². The molecule has 1 amide bonds. The van der Waals surface area contributed by atoms with Crippen molar-refractivity contribution in [3.05, 3.63) is 94.4 Å². The molecule has 0 radical (unpaired) electrons. The average molecular weight is 440 g/mol. The fraction of sp³-hybridized carbons (Fsp3) is 0.231. The predicted molar refractivity (Wildman–Crippen MR) is 126 cm³/mol. The maximum absolute atomic E-state index is 12.8. The lowest BCUT2D eigenvalue weighted by Crippen LogP contribution is -2.25. The normalized spacial score (nSPS) is 15.1. The van der Waals surface area contributed by atoms with E-state index in [1.54, 1.807) is 4.68 Å². The third-order valence-corrected chi connectivity index (χ3v) is 5.79. The number of benzene rings is 2. The fourth-order valence-corrected chi connectivity index (χ4v) is 4.39. The summed E-state index contributed by atoms with van der Waals surface area (Å²) in [7, 11) is 0. The molecule has 0 bridgehead atoms. The Morgan fingerprint density at radius 2 is 1.70 bits per heavy atom. The Kier molecular flexibility index (Phi) is 5.38. The van der Waals surface area contributed by atoms with Crippen LogP contribution in [0.2, 0.25) is 0 Å². The van der Waals surface area contributed by atoms with Crippen molar-refractivity contribution in [1.29, 1.82) is 0 Å². The summed E-state index contributed by atoms with van der Waals surface area (Å²) in [6.45, 7) is 6.25. The molecule has 7 heteroatoms. The summed E-state index contributed by atoms with van der Waals surface area (Å²) in [5.74, 6) is 1.58. The summed E-state index contributed by atoms with van der Waals surface area (Å²) in [5, 5.41) is 7.72. The van der Waals surface area contributed by atoms with Crippen LogP contribution in [-0.2, 0) is 11.4 Å². The number of aromatic nitrogens is 4. The van der Waals surface area contributed by atoms with E-state index in [2.05, 4.69) is 15.3 Å². The standard InChI is InChI=1S/C26H25N5O2/c1-16-13-17(2)28-26(27-16)31-25-24(18(3)30-31)21(14-23(32)29-25)20-11-7-8-12-22(20)33-15-19-9-5-4-6-10-19/h4-13,21H,14-15H2,1-3H3,(H,29,32). The minimum atomic E-state index is -0.180. The van der Waals surface area contributed by atoms with Crippen LogP contribution < -0.4 is 10.1 Å². The lowest BCUT2D eigenvalue weighted by molar-refractivity contribution is -0.116. The Balaban J connectivity index is 1.56. The number of nitrogens with zero attached hydrogens (tertiary/aromatic N) is 4. The van der Waals surface area contributed by atoms with Gasteiger partial charge in [-0.3, -0.25) is 4.79 Å². The van der Waals surface area contributed by atoms with Gasteiger partial charge in [0.15, 0.2) is 0 Å². The van der Waals surface area contributed by atoms with E-state index in [9.17, 15) is 4.79 Å². The zero-order valence-electron chi connectivity index (χ0n) is 18.9. The first-order chi connectivity index (χ1) is 16.0. The second-order valence-electron chi connectivity index (χ2n) is 8.33. The Labute approximate surface area is 192 Å². The fourth-order valence-electron chi connectivity index (χ4n) is 4.39. The number of fused-ring (bicyclic) bond motifs is 1. The van der Waals surface area contributed by atoms with E-state index in [1.807, 2.05) is 81.4 Å². The van der Waals surface area contributed by atoms with Crippen molar-refractivity contribution in [3.8, 4) is 11.7 Å². The molecule has 4 aromatic rings. The van der Waals surface area contributed by atoms with Crippen molar-refractivity contribution in [2.24, 2.45) is 0 Å². The maximum Gasteiger partial charge on any atom is 0.252 e. The van der Waals surface area contributed by atoms with Crippen LogP contribution in [0.15, 0.2) is 60.7 Å². The van der Waals surface area contributed by atoms with Crippen LogP contribution in [0.4, 0.5) is 5.82 Å². The van der Waals surface area contributed by atoms with Crippen LogP contribution in [0.1, 0.15) is 46.1 Å². The van der Waals surface area contributed by atoms with Crippen LogP contribution in [0.25, 0.3) is 5.95 Å². The van der Waals surface area contributed by atoms with Gasteiger partial charge in [0.25, 0.3) is 5.95 Å². The predicted octanol–water partition coefficient (Wildman–Crippen LogP) is 4.64. The van der Waals surface area contributed by atoms with Gasteiger partial charge in [-0.15, -0.1) is 0 Å². The first kappa shape index (κ1) is 20.9. The molecule has 7 nitrogen and oxygen atoms in total. The molecule has 5 rings (SSSR count). The summed E-state index contributed by atoms with van der Waals surface area (Å²) in [6, 6.07) is 19.9. The zero-order chi connectivity index (χ0) is 22.9. The molecule has 1 N–H and O–H groups in total. The van der Waals surface area contributed by atoms with Gasteiger partial charge in [0, 0.05) is 34.9 Å². The average Bonchev–Trinajstić information content (AvgIpc) is 3.13. The quantitative estimate of drug-likeness (QED) is 0.490. The van der Waals surface area contributed by atoms with Gasteiger partial charge < -0.3 is 10.1 Å². The SMILES string of the molecule is Cc1cc(C)nc(-n2nc(C)c3c2NC(=O)CC3c2ccccc2OCc2ccccc2)n1. The second kappa shape index (κ2) is 8.50. The van der Waals surface area contributed by atoms with Crippen LogP contribution in [0.5, 0.6) is 5.75 Å². The summed E-state index contributed by atoms with van der Waals surface area (Å²) in [5.41, 5.74) is 5.54. The van der Waals surface area contributed by atoms with E-state index < -0.39 is 0 Å². The van der Waals surface area contributed by atoms with Crippen LogP contribution in [-0.4, -0.2) is 25.7 Å². The summed E-state index contributed by atoms with van der Waals surface area (Å²) in [4.78, 5) is 21.9. The van der Waals surface area contributed by atoms with Crippen molar-refractivity contribution >= 4 is 11.7 Å². The number of hydrogen-bond donors (Lipinski definition) is 1. The molecule has 0 saturated heterocycles. The Morgan fingerprint density at radius 1 is 1.00 bits per heavy atom. The molecular weight excluding hydrogens is 414 g/mol. The number of carbonyl (C=O) groups is 1. The molecule has 2 aromatic carbocycles. The maximum atomic E-state index is 12.8. The van der Waals surface area contributed by atoms with Gasteiger partial charge in [0.05, 0.1) is 5.69 Å². The second-order valence-corrected chi connectivity index (χ2v) is 8.33. The van der Waals surface area contributed by atoms with Gasteiger partial charge >= 0.3 is 0 Å². The number of nitrogens with one attached hydrogen (secondary N) is 1. The minimum Gasteiger partial charge on any atom is -0.489 e. The molecule has 0 fully saturated rings. The van der Waals surface area contributed by atoms with Crippen molar-refractivity contribution in [2.45, 2.75) is 39.7 Å². The number of amides is 1. The number of carbonyl (C=O) groups excluding carboxylic acids is 1. The van der Waals surface area contributed by atoms with Gasteiger partial charge in [0.1, 0.15) is 18.2 Å². The number of ether oxygens (including phenoxy) is 1. The zero-order valence-corrected chi connectivity index (χ0v) is 18.9. The lowest BCUT2D eigenvalue weighted by Gasteiger charge is -2.26. The number of anilines is 1. The molecular formula is C26H25N5O2. The van der Waals surface area contributed by atoms with E-state index in [4.69, 9.17) is 9.84 Å². The third kappa shape index (κ3) is 4.09. The van der Waals surface area contributed by atoms with E-state index in [0.29, 0.717) is 24.8 Å². The smallest absolute Gasteiger partial charge is 0.252 e. The summed E-state index contributed by atoms with van der Waals surface area (Å²) >= 11 is 0. The third-order valence-electron chi connectivity index (χ3n) is 5.79. The van der Waals surface area contributed by atoms with Gasteiger partial charge in [0.2, 0.25) is 5.91 Å². The minimum absolute atomic E-state index is 0.0733. The van der Waals surface area contributed by atoms with Gasteiger partial charge in [-0.05, 0) is 38.5 Å². The Hall–Kier alpha value is -4.00. The molecule has 1 aliphatic rings. The van der Waals surface area contributed by atoms with E-state index in [1.165, 1.54) is 0 Å². The highest BCUT2D eigenvalue weighted by atomic mass is 16.5. The number of para-hydroxylation sites is 1. The monoisotopic (exact) mass is 439 g/mol. The molecule has 166 valence electrons. The molecule has 3 heterocycles. The highest BCUT2D eigenvalue weighted by Crippen LogP contribution is 2.43.